The third-order valence-corrected chi connectivity index (χ3v) is 3.73. The maximum Gasteiger partial charge on any atom is 0.416 e. The van der Waals surface area contributed by atoms with Crippen LogP contribution in [0, 0.1) is 0 Å². The average molecular weight is 371 g/mol. The Morgan fingerprint density at radius 2 is 1.77 bits per heavy atom. The minimum absolute atomic E-state index is 0.0514. The van der Waals surface area contributed by atoms with Gasteiger partial charge in [-0.2, -0.15) is 13.2 Å². The standard InChI is InChI=1S/C18H20F3NO4/c1-10-8-14(15(23)25-5)22(16(24)26-17(2,3)4)13-9-11(18(19,20)21)6-7-12(10)13/h6-9,14H,1-5H3. The number of hydrogen-bond donors (Lipinski definition) is 0. The Kier molecular flexibility index (Phi) is 5.07. The molecule has 1 atom stereocenters. The molecule has 1 aromatic carbocycles. The summed E-state index contributed by atoms with van der Waals surface area (Å²) in [5, 5.41) is 0. The van der Waals surface area contributed by atoms with E-state index in [0.717, 1.165) is 24.1 Å². The Balaban J connectivity index is 2.64. The molecule has 142 valence electrons. The van der Waals surface area contributed by atoms with Crippen LogP contribution in [-0.4, -0.2) is 30.8 Å². The Labute approximate surface area is 149 Å². The summed E-state index contributed by atoms with van der Waals surface area (Å²) in [6, 6.07) is 1.83. The van der Waals surface area contributed by atoms with Gasteiger partial charge in [-0.25, -0.2) is 9.59 Å². The first kappa shape index (κ1) is 19.8. The fraction of sp³-hybridized carbons (Fsp3) is 0.444. The summed E-state index contributed by atoms with van der Waals surface area (Å²) in [5.74, 6) is -0.779. The zero-order chi connectivity index (χ0) is 19.9. The molecule has 1 heterocycles. The second kappa shape index (κ2) is 6.66. The van der Waals surface area contributed by atoms with Crippen LogP contribution in [0.1, 0.15) is 38.8 Å². The first-order valence-corrected chi connectivity index (χ1v) is 7.85. The zero-order valence-electron chi connectivity index (χ0n) is 15.1. The lowest BCUT2D eigenvalue weighted by Gasteiger charge is -2.35. The molecular formula is C18H20F3NO4. The number of anilines is 1. The second-order valence-corrected chi connectivity index (χ2v) is 6.90. The van der Waals surface area contributed by atoms with Crippen LogP contribution in [0.3, 0.4) is 0 Å². The normalized spacial score (nSPS) is 17.3. The molecule has 0 saturated carbocycles. The van der Waals surface area contributed by atoms with Crippen molar-refractivity contribution in [1.82, 2.24) is 0 Å². The third kappa shape index (κ3) is 4.00. The number of rotatable bonds is 1. The predicted octanol–water partition coefficient (Wildman–Crippen LogP) is 4.41. The highest BCUT2D eigenvalue weighted by Gasteiger charge is 2.40. The molecule has 5 nitrogen and oxygen atoms in total. The molecule has 1 unspecified atom stereocenters. The number of esters is 1. The van der Waals surface area contributed by atoms with Gasteiger partial charge in [0.2, 0.25) is 0 Å². The van der Waals surface area contributed by atoms with Crippen molar-refractivity contribution in [1.29, 1.82) is 0 Å². The van der Waals surface area contributed by atoms with Crippen molar-refractivity contribution in [2.24, 2.45) is 0 Å². The highest BCUT2D eigenvalue weighted by molar-refractivity contribution is 6.03. The predicted molar refractivity (Wildman–Crippen MR) is 89.6 cm³/mol. The van der Waals surface area contributed by atoms with Crippen LogP contribution >= 0.6 is 0 Å². The van der Waals surface area contributed by atoms with E-state index in [2.05, 4.69) is 0 Å². The van der Waals surface area contributed by atoms with Gasteiger partial charge in [-0.3, -0.25) is 4.90 Å². The fourth-order valence-electron chi connectivity index (χ4n) is 2.61. The van der Waals surface area contributed by atoms with E-state index in [0.29, 0.717) is 11.1 Å². The Morgan fingerprint density at radius 1 is 1.15 bits per heavy atom. The Hall–Kier alpha value is -2.51. The molecule has 0 bridgehead atoms. The highest BCUT2D eigenvalue weighted by Crippen LogP contribution is 2.40. The monoisotopic (exact) mass is 371 g/mol. The van der Waals surface area contributed by atoms with Crippen LogP contribution in [0.2, 0.25) is 0 Å². The van der Waals surface area contributed by atoms with Gasteiger partial charge in [-0.1, -0.05) is 6.07 Å². The number of methoxy groups -OCH3 is 1. The number of nitrogens with zero attached hydrogens (tertiary/aromatic N) is 1. The lowest BCUT2D eigenvalue weighted by Crippen LogP contribution is -2.48. The molecule has 0 aliphatic carbocycles. The van der Waals surface area contributed by atoms with Gasteiger partial charge in [0.1, 0.15) is 5.60 Å². The quantitative estimate of drug-likeness (QED) is 0.687. The maximum absolute atomic E-state index is 13.1. The molecule has 0 spiro atoms. The van der Waals surface area contributed by atoms with E-state index >= 15 is 0 Å². The molecule has 1 aliphatic heterocycles. The number of fused-ring (bicyclic) bond motifs is 1. The van der Waals surface area contributed by atoms with Crippen LogP contribution in [0.5, 0.6) is 0 Å². The zero-order valence-corrected chi connectivity index (χ0v) is 15.1. The number of alkyl halides is 3. The minimum Gasteiger partial charge on any atom is -0.467 e. The Bertz CT molecular complexity index is 763. The summed E-state index contributed by atoms with van der Waals surface area (Å²) in [5.41, 5.74) is -0.906. The van der Waals surface area contributed by atoms with Crippen LogP contribution in [0.15, 0.2) is 24.3 Å². The second-order valence-electron chi connectivity index (χ2n) is 6.90. The van der Waals surface area contributed by atoms with Gasteiger partial charge in [0.25, 0.3) is 0 Å². The molecule has 1 aliphatic rings. The van der Waals surface area contributed by atoms with E-state index in [4.69, 9.17) is 9.47 Å². The van der Waals surface area contributed by atoms with Crippen molar-refractivity contribution in [3.05, 3.63) is 35.4 Å². The number of carbonyl (C=O) groups is 2. The van der Waals surface area contributed by atoms with Gasteiger partial charge in [0, 0.05) is 5.56 Å². The number of amides is 1. The molecule has 0 saturated heterocycles. The van der Waals surface area contributed by atoms with Crippen molar-refractivity contribution in [2.75, 3.05) is 12.0 Å². The van der Waals surface area contributed by atoms with Gasteiger partial charge in [0.15, 0.2) is 6.04 Å². The number of benzene rings is 1. The van der Waals surface area contributed by atoms with Gasteiger partial charge < -0.3 is 9.47 Å². The first-order chi connectivity index (χ1) is 11.8. The SMILES string of the molecule is COC(=O)C1C=C(C)c2ccc(C(F)(F)F)cc2N1C(=O)OC(C)(C)C. The van der Waals surface area contributed by atoms with Crippen molar-refractivity contribution in [2.45, 2.75) is 45.5 Å². The summed E-state index contributed by atoms with van der Waals surface area (Å²) in [4.78, 5) is 25.7. The largest absolute Gasteiger partial charge is 0.467 e. The van der Waals surface area contributed by atoms with Gasteiger partial charge in [-0.15, -0.1) is 0 Å². The molecule has 0 fully saturated rings. The van der Waals surface area contributed by atoms with E-state index in [1.807, 2.05) is 0 Å². The topological polar surface area (TPSA) is 55.8 Å². The summed E-state index contributed by atoms with van der Waals surface area (Å²) >= 11 is 0. The highest BCUT2D eigenvalue weighted by atomic mass is 19.4. The lowest BCUT2D eigenvalue weighted by molar-refractivity contribution is -0.141. The molecule has 1 amide bonds. The third-order valence-electron chi connectivity index (χ3n) is 3.73. The summed E-state index contributed by atoms with van der Waals surface area (Å²) in [6.07, 6.45) is -4.06. The van der Waals surface area contributed by atoms with Crippen LogP contribution in [0.4, 0.5) is 23.7 Å². The van der Waals surface area contributed by atoms with Crippen molar-refractivity contribution < 1.29 is 32.2 Å². The number of ether oxygens (including phenoxy) is 2. The van der Waals surface area contributed by atoms with E-state index in [9.17, 15) is 22.8 Å². The maximum atomic E-state index is 13.1. The van der Waals surface area contributed by atoms with Crippen molar-refractivity contribution in [3.63, 3.8) is 0 Å². The average Bonchev–Trinajstić information content (AvgIpc) is 2.50. The number of hydrogen-bond acceptors (Lipinski definition) is 4. The molecule has 1 aromatic rings. The van der Waals surface area contributed by atoms with E-state index in [1.54, 1.807) is 27.7 Å². The molecular weight excluding hydrogens is 351 g/mol. The van der Waals surface area contributed by atoms with Gasteiger partial charge in [-0.05, 0) is 51.5 Å². The smallest absolute Gasteiger partial charge is 0.416 e. The molecule has 0 radical (unpaired) electrons. The van der Waals surface area contributed by atoms with Crippen LogP contribution in [0.25, 0.3) is 5.57 Å². The summed E-state index contributed by atoms with van der Waals surface area (Å²) in [7, 11) is 1.14. The molecule has 2 rings (SSSR count). The van der Waals surface area contributed by atoms with Crippen LogP contribution in [-0.2, 0) is 20.4 Å². The van der Waals surface area contributed by atoms with E-state index in [-0.39, 0.29) is 5.69 Å². The molecule has 0 N–H and O–H groups in total. The molecule has 0 aromatic heterocycles. The van der Waals surface area contributed by atoms with Gasteiger partial charge >= 0.3 is 18.2 Å². The Morgan fingerprint density at radius 3 is 2.27 bits per heavy atom. The van der Waals surface area contributed by atoms with Crippen molar-refractivity contribution >= 4 is 23.3 Å². The number of allylic oxidation sites excluding steroid dienone is 1. The molecule has 8 heteroatoms. The van der Waals surface area contributed by atoms with Gasteiger partial charge in [0.05, 0.1) is 18.4 Å². The summed E-state index contributed by atoms with van der Waals surface area (Å²) in [6.45, 7) is 6.51. The number of halogens is 3. The number of carbonyl (C=O) groups excluding carboxylic acids is 2. The van der Waals surface area contributed by atoms with Crippen molar-refractivity contribution in [3.8, 4) is 0 Å². The van der Waals surface area contributed by atoms with E-state index < -0.39 is 35.4 Å². The lowest BCUT2D eigenvalue weighted by atomic mass is 9.94. The minimum atomic E-state index is -4.59. The fourth-order valence-corrected chi connectivity index (χ4v) is 2.61. The van der Waals surface area contributed by atoms with Crippen LogP contribution < -0.4 is 4.90 Å². The molecule has 26 heavy (non-hydrogen) atoms. The first-order valence-electron chi connectivity index (χ1n) is 7.85. The summed E-state index contributed by atoms with van der Waals surface area (Å²) < 4.78 is 49.4. The van der Waals surface area contributed by atoms with E-state index in [1.165, 1.54) is 12.1 Å².